The highest BCUT2D eigenvalue weighted by atomic mass is 79.9. The van der Waals surface area contributed by atoms with Crippen molar-refractivity contribution in [1.82, 2.24) is 0 Å². The standard InChI is InChI=1S/C8H10BrN3S/c9-13-7-3-1-2-6(4-7)5-12-8(10)11/h1-4H,5H2,(H4,10,11,12). The molecule has 0 aliphatic carbocycles. The summed E-state index contributed by atoms with van der Waals surface area (Å²) in [6, 6.07) is 8.00. The molecule has 0 spiro atoms. The topological polar surface area (TPSA) is 64.4 Å². The van der Waals surface area contributed by atoms with Crippen molar-refractivity contribution in [3.63, 3.8) is 0 Å². The zero-order chi connectivity index (χ0) is 9.68. The Bertz CT molecular complexity index is 310. The second kappa shape index (κ2) is 5.14. The van der Waals surface area contributed by atoms with E-state index >= 15 is 0 Å². The number of nitrogens with two attached hydrogens (primary N) is 2. The van der Waals surface area contributed by atoms with Gasteiger partial charge < -0.3 is 11.5 Å². The maximum Gasteiger partial charge on any atom is 0.186 e. The van der Waals surface area contributed by atoms with Gasteiger partial charge in [-0.15, -0.1) is 0 Å². The number of rotatable bonds is 3. The van der Waals surface area contributed by atoms with E-state index in [1.807, 2.05) is 24.3 Å². The van der Waals surface area contributed by atoms with Crippen molar-refractivity contribution in [1.29, 1.82) is 0 Å². The Morgan fingerprint density at radius 1 is 1.46 bits per heavy atom. The van der Waals surface area contributed by atoms with Crippen LogP contribution in [0.2, 0.25) is 0 Å². The maximum atomic E-state index is 5.22. The fourth-order valence-electron chi connectivity index (χ4n) is 0.874. The molecule has 0 saturated heterocycles. The normalized spacial score (nSPS) is 9.62. The number of hydrogen-bond donors (Lipinski definition) is 2. The van der Waals surface area contributed by atoms with Gasteiger partial charge in [0.05, 0.1) is 6.54 Å². The molecule has 3 nitrogen and oxygen atoms in total. The molecule has 1 rings (SSSR count). The molecule has 0 atom stereocenters. The zero-order valence-corrected chi connectivity index (χ0v) is 9.31. The lowest BCUT2D eigenvalue weighted by atomic mass is 10.2. The van der Waals surface area contributed by atoms with E-state index in [1.165, 1.54) is 10.2 Å². The molecule has 0 radical (unpaired) electrons. The maximum absolute atomic E-state index is 5.22. The third-order valence-electron chi connectivity index (χ3n) is 1.43. The fourth-order valence-corrected chi connectivity index (χ4v) is 1.80. The van der Waals surface area contributed by atoms with Crippen LogP contribution >= 0.6 is 25.0 Å². The first-order valence-corrected chi connectivity index (χ1v) is 6.31. The fraction of sp³-hybridized carbons (Fsp3) is 0.125. The molecule has 0 aromatic heterocycles. The number of guanidine groups is 1. The van der Waals surface area contributed by atoms with Crippen LogP contribution < -0.4 is 11.5 Å². The highest BCUT2D eigenvalue weighted by Gasteiger charge is 1.94. The van der Waals surface area contributed by atoms with Gasteiger partial charge in [0.1, 0.15) is 0 Å². The molecular formula is C8H10BrN3S. The van der Waals surface area contributed by atoms with Gasteiger partial charge >= 0.3 is 0 Å². The van der Waals surface area contributed by atoms with E-state index in [-0.39, 0.29) is 5.96 Å². The number of halogens is 1. The zero-order valence-electron chi connectivity index (χ0n) is 6.90. The van der Waals surface area contributed by atoms with Crippen molar-refractivity contribution in [2.75, 3.05) is 0 Å². The molecule has 70 valence electrons. The van der Waals surface area contributed by atoms with E-state index in [2.05, 4.69) is 19.8 Å². The molecule has 1 aromatic rings. The molecular weight excluding hydrogens is 250 g/mol. The highest BCUT2D eigenvalue weighted by molar-refractivity contribution is 9.50. The summed E-state index contributed by atoms with van der Waals surface area (Å²) in [6.07, 6.45) is 0. The Hall–Kier alpha value is -0.680. The molecule has 0 amide bonds. The van der Waals surface area contributed by atoms with Gasteiger partial charge in [-0.05, 0) is 42.7 Å². The Labute approximate surface area is 88.8 Å². The first-order chi connectivity index (χ1) is 6.22. The van der Waals surface area contributed by atoms with Crippen LogP contribution in [0.1, 0.15) is 5.56 Å². The molecule has 13 heavy (non-hydrogen) atoms. The number of hydrogen-bond acceptors (Lipinski definition) is 2. The van der Waals surface area contributed by atoms with E-state index < -0.39 is 0 Å². The van der Waals surface area contributed by atoms with Crippen LogP contribution in [0.15, 0.2) is 34.2 Å². The molecule has 0 heterocycles. The molecule has 5 heteroatoms. The van der Waals surface area contributed by atoms with E-state index in [0.717, 1.165) is 10.5 Å². The average Bonchev–Trinajstić information content (AvgIpc) is 2.15. The van der Waals surface area contributed by atoms with Gasteiger partial charge in [0.25, 0.3) is 0 Å². The quantitative estimate of drug-likeness (QED) is 0.644. The van der Waals surface area contributed by atoms with Crippen LogP contribution in [0.3, 0.4) is 0 Å². The summed E-state index contributed by atoms with van der Waals surface area (Å²) in [5.74, 6) is 0.122. The Morgan fingerprint density at radius 3 is 2.85 bits per heavy atom. The summed E-state index contributed by atoms with van der Waals surface area (Å²) in [4.78, 5) is 5.06. The van der Waals surface area contributed by atoms with Crippen molar-refractivity contribution < 1.29 is 0 Å². The van der Waals surface area contributed by atoms with Crippen LogP contribution in [0.4, 0.5) is 0 Å². The molecule has 0 aliphatic rings. The van der Waals surface area contributed by atoms with Crippen molar-refractivity contribution >= 4 is 31.0 Å². The van der Waals surface area contributed by atoms with Crippen molar-refractivity contribution in [2.24, 2.45) is 16.5 Å². The molecule has 0 unspecified atom stereocenters. The first-order valence-electron chi connectivity index (χ1n) is 3.65. The van der Waals surface area contributed by atoms with Crippen molar-refractivity contribution in [3.05, 3.63) is 29.8 Å². The van der Waals surface area contributed by atoms with Crippen LogP contribution in [-0.4, -0.2) is 5.96 Å². The molecule has 1 aromatic carbocycles. The number of aliphatic imine (C=N–C) groups is 1. The Morgan fingerprint density at radius 2 is 2.23 bits per heavy atom. The molecule has 0 saturated carbocycles. The summed E-state index contributed by atoms with van der Waals surface area (Å²) in [5.41, 5.74) is 11.5. The highest BCUT2D eigenvalue weighted by Crippen LogP contribution is 2.24. The molecule has 0 aliphatic heterocycles. The van der Waals surface area contributed by atoms with E-state index in [9.17, 15) is 0 Å². The largest absolute Gasteiger partial charge is 0.370 e. The molecule has 0 fully saturated rings. The summed E-state index contributed by atoms with van der Waals surface area (Å²) in [6.45, 7) is 0.531. The second-order valence-corrected chi connectivity index (χ2v) is 4.06. The van der Waals surface area contributed by atoms with E-state index in [1.54, 1.807) is 0 Å². The second-order valence-electron chi connectivity index (χ2n) is 2.47. The molecule has 0 bridgehead atoms. The van der Waals surface area contributed by atoms with E-state index in [0.29, 0.717) is 6.54 Å². The van der Waals surface area contributed by atoms with Crippen LogP contribution in [0, 0.1) is 0 Å². The third-order valence-corrected chi connectivity index (χ3v) is 2.99. The van der Waals surface area contributed by atoms with Gasteiger partial charge in [0.2, 0.25) is 0 Å². The summed E-state index contributed by atoms with van der Waals surface area (Å²) >= 11 is 3.30. The minimum atomic E-state index is 0.122. The minimum absolute atomic E-state index is 0.122. The lowest BCUT2D eigenvalue weighted by Gasteiger charge is -1.99. The van der Waals surface area contributed by atoms with Gasteiger partial charge in [-0.2, -0.15) is 0 Å². The lowest BCUT2D eigenvalue weighted by molar-refractivity contribution is 1.05. The summed E-state index contributed by atoms with van der Waals surface area (Å²) in [7, 11) is 1.52. The minimum Gasteiger partial charge on any atom is -0.370 e. The van der Waals surface area contributed by atoms with Gasteiger partial charge in [0, 0.05) is 4.90 Å². The Kier molecular flexibility index (Phi) is 4.11. The van der Waals surface area contributed by atoms with Gasteiger partial charge in [0.15, 0.2) is 5.96 Å². The number of nitrogens with zero attached hydrogens (tertiary/aromatic N) is 1. The summed E-state index contributed by atoms with van der Waals surface area (Å²) < 4.78 is 0. The van der Waals surface area contributed by atoms with Gasteiger partial charge in [-0.25, -0.2) is 4.99 Å². The summed E-state index contributed by atoms with van der Waals surface area (Å²) in [5, 5.41) is 0. The van der Waals surface area contributed by atoms with E-state index in [4.69, 9.17) is 11.5 Å². The SMILES string of the molecule is NC(N)=NCc1cccc(SBr)c1. The van der Waals surface area contributed by atoms with Crippen molar-refractivity contribution in [2.45, 2.75) is 11.4 Å². The van der Waals surface area contributed by atoms with Crippen LogP contribution in [0.5, 0.6) is 0 Å². The smallest absolute Gasteiger partial charge is 0.186 e. The molecule has 4 N–H and O–H groups in total. The first kappa shape index (κ1) is 10.4. The number of benzene rings is 1. The lowest BCUT2D eigenvalue weighted by Crippen LogP contribution is -2.22. The predicted molar refractivity (Wildman–Crippen MR) is 60.7 cm³/mol. The van der Waals surface area contributed by atoms with Crippen LogP contribution in [0.25, 0.3) is 0 Å². The monoisotopic (exact) mass is 259 g/mol. The van der Waals surface area contributed by atoms with Gasteiger partial charge in [-0.3, -0.25) is 0 Å². The average molecular weight is 260 g/mol. The van der Waals surface area contributed by atoms with Gasteiger partial charge in [-0.1, -0.05) is 12.1 Å². The third kappa shape index (κ3) is 3.69. The Balaban J connectivity index is 2.72. The van der Waals surface area contributed by atoms with Crippen LogP contribution in [-0.2, 0) is 6.54 Å². The van der Waals surface area contributed by atoms with Crippen molar-refractivity contribution in [3.8, 4) is 0 Å². The predicted octanol–water partition coefficient (Wildman–Crippen LogP) is 1.86.